The van der Waals surface area contributed by atoms with Crippen LogP contribution in [-0.2, 0) is 6.42 Å². The third-order valence-corrected chi connectivity index (χ3v) is 4.16. The first-order chi connectivity index (χ1) is 9.61. The van der Waals surface area contributed by atoms with Crippen LogP contribution in [0.5, 0.6) is 0 Å². The number of aromatic nitrogens is 2. The summed E-state index contributed by atoms with van der Waals surface area (Å²) < 4.78 is 0. The number of nitrogens with two attached hydrogens (primary N) is 1. The van der Waals surface area contributed by atoms with Gasteiger partial charge in [0.1, 0.15) is 5.82 Å². The molecule has 1 aromatic heterocycles. The highest BCUT2D eigenvalue weighted by molar-refractivity contribution is 5.78. The molecule has 1 aliphatic heterocycles. The third kappa shape index (κ3) is 2.78. The van der Waals surface area contributed by atoms with Crippen molar-refractivity contribution in [1.82, 2.24) is 14.9 Å². The number of nitrogens with zero attached hydrogens (tertiary/aromatic N) is 2. The Bertz CT molecular complexity index is 595. The molecule has 4 N–H and O–H groups in total. The molecular weight excluding hydrogens is 252 g/mol. The van der Waals surface area contributed by atoms with E-state index >= 15 is 0 Å². The van der Waals surface area contributed by atoms with Gasteiger partial charge in [-0.05, 0) is 30.5 Å². The average Bonchev–Trinajstić information content (AvgIpc) is 2.82. The number of rotatable bonds is 3. The van der Waals surface area contributed by atoms with Crippen molar-refractivity contribution in [2.75, 3.05) is 25.4 Å². The molecule has 3 rings (SSSR count). The fraction of sp³-hybridized carbons (Fsp3) is 0.533. The normalized spacial score (nSPS) is 24.3. The van der Waals surface area contributed by atoms with Crippen molar-refractivity contribution in [2.24, 2.45) is 5.92 Å². The zero-order valence-corrected chi connectivity index (χ0v) is 11.8. The number of aromatic amines is 1. The Labute approximate surface area is 118 Å². The molecule has 5 heteroatoms. The highest BCUT2D eigenvalue weighted by atomic mass is 16.3. The van der Waals surface area contributed by atoms with E-state index in [0.717, 1.165) is 55.0 Å². The molecule has 20 heavy (non-hydrogen) atoms. The number of anilines is 1. The van der Waals surface area contributed by atoms with Gasteiger partial charge in [-0.15, -0.1) is 0 Å². The van der Waals surface area contributed by atoms with Gasteiger partial charge >= 0.3 is 0 Å². The maximum atomic E-state index is 9.74. The Kier molecular flexibility index (Phi) is 3.63. The van der Waals surface area contributed by atoms with Crippen molar-refractivity contribution in [3.05, 3.63) is 24.0 Å². The highest BCUT2D eigenvalue weighted by Gasteiger charge is 2.23. The minimum absolute atomic E-state index is 0.138. The van der Waals surface area contributed by atoms with Gasteiger partial charge in [-0.2, -0.15) is 0 Å². The van der Waals surface area contributed by atoms with E-state index in [4.69, 9.17) is 5.73 Å². The van der Waals surface area contributed by atoms with Crippen LogP contribution >= 0.6 is 0 Å². The van der Waals surface area contributed by atoms with E-state index in [-0.39, 0.29) is 6.10 Å². The van der Waals surface area contributed by atoms with Crippen molar-refractivity contribution >= 4 is 16.7 Å². The van der Waals surface area contributed by atoms with Crippen molar-refractivity contribution in [1.29, 1.82) is 0 Å². The number of aliphatic hydroxyl groups is 1. The van der Waals surface area contributed by atoms with E-state index in [9.17, 15) is 5.11 Å². The molecule has 1 fully saturated rings. The predicted molar refractivity (Wildman–Crippen MR) is 80.4 cm³/mol. The van der Waals surface area contributed by atoms with E-state index in [0.29, 0.717) is 5.92 Å². The first-order valence-corrected chi connectivity index (χ1v) is 7.26. The number of likely N-dealkylation sites (tertiary alicyclic amines) is 1. The molecule has 1 aliphatic rings. The standard InChI is InChI=1S/C15H22N4O/c1-10-9-19(6-4-14(10)20)7-5-15-17-12-3-2-11(16)8-13(12)18-15/h2-3,8,10,14,20H,4-7,9,16H2,1H3,(H,17,18). The van der Waals surface area contributed by atoms with Crippen LogP contribution in [0.3, 0.4) is 0 Å². The lowest BCUT2D eigenvalue weighted by Crippen LogP contribution is -2.42. The summed E-state index contributed by atoms with van der Waals surface area (Å²) in [5.41, 5.74) is 8.50. The Morgan fingerprint density at radius 2 is 2.35 bits per heavy atom. The van der Waals surface area contributed by atoms with Gasteiger partial charge in [0.15, 0.2) is 0 Å². The number of benzene rings is 1. The van der Waals surface area contributed by atoms with Crippen molar-refractivity contribution in [2.45, 2.75) is 25.9 Å². The van der Waals surface area contributed by atoms with Gasteiger partial charge < -0.3 is 20.7 Å². The molecule has 0 bridgehead atoms. The first kappa shape index (κ1) is 13.4. The molecule has 0 amide bonds. The number of piperidine rings is 1. The Morgan fingerprint density at radius 3 is 3.15 bits per heavy atom. The summed E-state index contributed by atoms with van der Waals surface area (Å²) in [4.78, 5) is 10.3. The molecule has 5 nitrogen and oxygen atoms in total. The summed E-state index contributed by atoms with van der Waals surface area (Å²) in [6.07, 6.45) is 1.63. The largest absolute Gasteiger partial charge is 0.399 e. The maximum Gasteiger partial charge on any atom is 0.108 e. The van der Waals surface area contributed by atoms with Crippen LogP contribution in [0.2, 0.25) is 0 Å². The molecule has 2 heterocycles. The summed E-state index contributed by atoms with van der Waals surface area (Å²) in [6, 6.07) is 5.75. The van der Waals surface area contributed by atoms with Crippen LogP contribution in [0.4, 0.5) is 5.69 Å². The fourth-order valence-electron chi connectivity index (χ4n) is 2.89. The van der Waals surface area contributed by atoms with Gasteiger partial charge in [-0.25, -0.2) is 4.98 Å². The summed E-state index contributed by atoms with van der Waals surface area (Å²) in [6.45, 7) is 5.03. The van der Waals surface area contributed by atoms with Gasteiger partial charge in [0, 0.05) is 31.7 Å². The summed E-state index contributed by atoms with van der Waals surface area (Å²) in [5, 5.41) is 9.74. The number of fused-ring (bicyclic) bond motifs is 1. The smallest absolute Gasteiger partial charge is 0.108 e. The van der Waals surface area contributed by atoms with Crippen molar-refractivity contribution in [3.63, 3.8) is 0 Å². The van der Waals surface area contributed by atoms with Gasteiger partial charge in [-0.3, -0.25) is 0 Å². The zero-order chi connectivity index (χ0) is 14.1. The molecule has 0 spiro atoms. The quantitative estimate of drug-likeness (QED) is 0.739. The number of hydrogen-bond acceptors (Lipinski definition) is 4. The molecule has 2 aromatic rings. The number of nitrogen functional groups attached to an aromatic ring is 1. The molecule has 108 valence electrons. The lowest BCUT2D eigenvalue weighted by molar-refractivity contribution is 0.0354. The van der Waals surface area contributed by atoms with E-state index in [1.807, 2.05) is 18.2 Å². The minimum atomic E-state index is -0.138. The second kappa shape index (κ2) is 5.42. The second-order valence-corrected chi connectivity index (χ2v) is 5.84. The summed E-state index contributed by atoms with van der Waals surface area (Å²) >= 11 is 0. The number of hydrogen-bond donors (Lipinski definition) is 3. The number of aliphatic hydroxyl groups excluding tert-OH is 1. The molecule has 1 aromatic carbocycles. The van der Waals surface area contributed by atoms with E-state index < -0.39 is 0 Å². The fourth-order valence-corrected chi connectivity index (χ4v) is 2.89. The van der Waals surface area contributed by atoms with E-state index in [1.54, 1.807) is 0 Å². The lowest BCUT2D eigenvalue weighted by atomic mass is 9.97. The highest BCUT2D eigenvalue weighted by Crippen LogP contribution is 2.18. The molecule has 0 radical (unpaired) electrons. The Hall–Kier alpha value is -1.59. The molecular formula is C15H22N4O. The maximum absolute atomic E-state index is 9.74. The molecule has 0 saturated carbocycles. The van der Waals surface area contributed by atoms with Crippen LogP contribution in [0.25, 0.3) is 11.0 Å². The monoisotopic (exact) mass is 274 g/mol. The Balaban J connectivity index is 1.62. The van der Waals surface area contributed by atoms with Gasteiger partial charge in [-0.1, -0.05) is 6.92 Å². The Morgan fingerprint density at radius 1 is 1.50 bits per heavy atom. The van der Waals surface area contributed by atoms with Gasteiger partial charge in [0.25, 0.3) is 0 Å². The SMILES string of the molecule is CC1CN(CCc2nc3ccc(N)cc3[nH]2)CCC1O. The van der Waals surface area contributed by atoms with Crippen LogP contribution in [0.15, 0.2) is 18.2 Å². The molecule has 2 unspecified atom stereocenters. The third-order valence-electron chi connectivity index (χ3n) is 4.16. The summed E-state index contributed by atoms with van der Waals surface area (Å²) in [7, 11) is 0. The second-order valence-electron chi connectivity index (χ2n) is 5.84. The van der Waals surface area contributed by atoms with E-state index in [1.165, 1.54) is 0 Å². The minimum Gasteiger partial charge on any atom is -0.399 e. The van der Waals surface area contributed by atoms with Gasteiger partial charge in [0.2, 0.25) is 0 Å². The van der Waals surface area contributed by atoms with Gasteiger partial charge in [0.05, 0.1) is 17.1 Å². The molecule has 0 aliphatic carbocycles. The number of nitrogens with one attached hydrogen (secondary N) is 1. The lowest BCUT2D eigenvalue weighted by Gasteiger charge is -2.34. The predicted octanol–water partition coefficient (Wildman–Crippen LogP) is 1.39. The topological polar surface area (TPSA) is 78.2 Å². The van der Waals surface area contributed by atoms with E-state index in [2.05, 4.69) is 21.8 Å². The van der Waals surface area contributed by atoms with Crippen LogP contribution in [-0.4, -0.2) is 45.7 Å². The first-order valence-electron chi connectivity index (χ1n) is 7.26. The summed E-state index contributed by atoms with van der Waals surface area (Å²) in [5.74, 6) is 1.36. The number of H-pyrrole nitrogens is 1. The number of imidazole rings is 1. The van der Waals surface area contributed by atoms with Crippen LogP contribution in [0.1, 0.15) is 19.2 Å². The molecule has 1 saturated heterocycles. The van der Waals surface area contributed by atoms with Crippen molar-refractivity contribution < 1.29 is 5.11 Å². The zero-order valence-electron chi connectivity index (χ0n) is 11.8. The van der Waals surface area contributed by atoms with Crippen LogP contribution < -0.4 is 5.73 Å². The molecule has 2 atom stereocenters. The van der Waals surface area contributed by atoms with Crippen LogP contribution in [0, 0.1) is 5.92 Å². The van der Waals surface area contributed by atoms with Crippen molar-refractivity contribution in [3.8, 4) is 0 Å². The average molecular weight is 274 g/mol.